The van der Waals surface area contributed by atoms with E-state index in [2.05, 4.69) is 37.2 Å². The highest BCUT2D eigenvalue weighted by atomic mass is 16.5. The van der Waals surface area contributed by atoms with E-state index >= 15 is 4.79 Å². The number of phenolic OH excluding ortho intramolecular Hbond substituents is 2. The molecule has 22 nitrogen and oxygen atoms in total. The van der Waals surface area contributed by atoms with Crippen molar-refractivity contribution in [3.05, 3.63) is 77.5 Å². The molecule has 5 rings (SSSR count). The number of aliphatic hydroxyl groups is 1. The number of nitrogens with one attached hydrogen (secondary N) is 7. The maximum atomic E-state index is 15.2. The Morgan fingerprint density at radius 2 is 1.57 bits per heavy atom. The summed E-state index contributed by atoms with van der Waals surface area (Å²) in [4.78, 5) is 130. The van der Waals surface area contributed by atoms with Crippen molar-refractivity contribution in [2.75, 3.05) is 18.9 Å². The molecule has 0 aliphatic carbocycles. The monoisotopic (exact) mass is 959 g/mol. The van der Waals surface area contributed by atoms with Gasteiger partial charge in [0.2, 0.25) is 29.5 Å². The van der Waals surface area contributed by atoms with Gasteiger partial charge in [0.15, 0.2) is 11.5 Å². The van der Waals surface area contributed by atoms with Crippen LogP contribution in [0.3, 0.4) is 0 Å². The van der Waals surface area contributed by atoms with Crippen LogP contribution < -0.4 is 37.2 Å². The van der Waals surface area contributed by atoms with E-state index in [1.807, 2.05) is 0 Å². The molecule has 3 heterocycles. The van der Waals surface area contributed by atoms with Crippen LogP contribution >= 0.6 is 0 Å². The van der Waals surface area contributed by atoms with Gasteiger partial charge in [0.05, 0.1) is 0 Å². The minimum absolute atomic E-state index is 0.000812. The van der Waals surface area contributed by atoms with Crippen LogP contribution in [-0.2, 0) is 55.9 Å². The number of esters is 1. The quantitative estimate of drug-likeness (QED) is 0.0618. The topological polar surface area (TPSA) is 314 Å². The Labute approximate surface area is 398 Å². The SMILES string of the molecule is C/C=C1\NC(=O)[C@H]2NC(=O)[C@@H](NC(=O)C(C)C)/C=C/CNC(=O)Nc3cc(O)c(O)cc3C[C@@H](C(=O)N[C@@H](C(C)C)C(=O)O[C@@H]2C)N(C)C(=O)[C@H](Cc2ccccc2)N2C(=O)[C@H](CC[C@H]2O)NC1=O. The third-order valence-electron chi connectivity index (χ3n) is 11.9. The summed E-state index contributed by atoms with van der Waals surface area (Å²) in [7, 11) is 1.25. The maximum Gasteiger partial charge on any atom is 0.329 e. The summed E-state index contributed by atoms with van der Waals surface area (Å²) in [6.45, 7) is 8.69. The lowest BCUT2D eigenvalue weighted by Crippen LogP contribution is -2.64. The normalized spacial score (nSPS) is 27.1. The van der Waals surface area contributed by atoms with Crippen molar-refractivity contribution >= 4 is 59.0 Å². The third-order valence-corrected chi connectivity index (χ3v) is 11.9. The second-order valence-electron chi connectivity index (χ2n) is 17.7. The molecule has 3 aliphatic heterocycles. The molecule has 2 aromatic carbocycles. The molecular weight excluding hydrogens is 899 g/mol. The standard InChI is InChI=1S/C47H61N9O13/c1-8-28-40(61)51-30-16-17-36(59)56(44(30)65)33(19-26-13-10-9-11-14-26)45(66)55(7)32-20-27-21-34(57)35(58)22-31(27)52-47(68)48-18-12-15-29(50-39(60)24(4)5)41(62)54-38(43(64)49-28)25(6)69-46(67)37(23(2)3)53-42(32)63/h8-15,21-25,29-30,32-33,36-38,57-59H,16-20H2,1-7H3,(H,49,64)(H,50,60)(H,51,61)(H,53,63)(H,54,62)(H2,48,52,68)/b15-12+,28-8-/t25-,29+,30+,32+,33+,36-,37+,38+/m1/s1. The van der Waals surface area contributed by atoms with E-state index in [0.717, 1.165) is 21.9 Å². The number of ether oxygens (including phenoxy) is 1. The molecule has 0 unspecified atom stereocenters. The molecule has 3 aliphatic rings. The fraction of sp³-hybridized carbons (Fsp3) is 0.468. The van der Waals surface area contributed by atoms with Crippen molar-refractivity contribution in [2.45, 2.75) is 116 Å². The van der Waals surface area contributed by atoms with Crippen LogP contribution in [0.2, 0.25) is 0 Å². The predicted molar refractivity (Wildman–Crippen MR) is 247 cm³/mol. The Hall–Kier alpha value is -7.49. The number of amides is 9. The van der Waals surface area contributed by atoms with Gasteiger partial charge in [-0.15, -0.1) is 0 Å². The molecule has 0 spiro atoms. The Kier molecular flexibility index (Phi) is 17.5. The lowest BCUT2D eigenvalue weighted by atomic mass is 9.95. The zero-order valence-electron chi connectivity index (χ0n) is 39.4. The molecule has 10 N–H and O–H groups in total. The number of carbonyl (C=O) groups is 9. The van der Waals surface area contributed by atoms with E-state index in [1.165, 1.54) is 39.1 Å². The highest BCUT2D eigenvalue weighted by Crippen LogP contribution is 2.33. The lowest BCUT2D eigenvalue weighted by Gasteiger charge is -2.43. The summed E-state index contributed by atoms with van der Waals surface area (Å²) < 4.78 is 5.82. The summed E-state index contributed by atoms with van der Waals surface area (Å²) in [6.07, 6.45) is -0.299. The maximum absolute atomic E-state index is 15.2. The smallest absolute Gasteiger partial charge is 0.329 e. The van der Waals surface area contributed by atoms with Gasteiger partial charge < -0.3 is 67.1 Å². The molecule has 0 aromatic heterocycles. The summed E-state index contributed by atoms with van der Waals surface area (Å²) in [5, 5.41) is 50.7. The van der Waals surface area contributed by atoms with Crippen molar-refractivity contribution in [2.24, 2.45) is 11.8 Å². The number of hydrogen-bond acceptors (Lipinski definition) is 13. The molecule has 22 heteroatoms. The Morgan fingerprint density at radius 3 is 2.22 bits per heavy atom. The van der Waals surface area contributed by atoms with Crippen LogP contribution in [0.1, 0.15) is 65.5 Å². The average molecular weight is 960 g/mol. The van der Waals surface area contributed by atoms with Gasteiger partial charge in [-0.3, -0.25) is 33.6 Å². The molecule has 0 saturated carbocycles. The van der Waals surface area contributed by atoms with Gasteiger partial charge in [-0.05, 0) is 49.8 Å². The fourth-order valence-electron chi connectivity index (χ4n) is 7.91. The second kappa shape index (κ2) is 23.0. The number of aliphatic hydroxyl groups excluding tert-OH is 1. The van der Waals surface area contributed by atoms with E-state index in [1.54, 1.807) is 58.0 Å². The van der Waals surface area contributed by atoms with Crippen molar-refractivity contribution in [1.82, 2.24) is 41.7 Å². The molecule has 4 bridgehead atoms. The summed E-state index contributed by atoms with van der Waals surface area (Å²) >= 11 is 0. The summed E-state index contributed by atoms with van der Waals surface area (Å²) in [5.41, 5.74) is 0.0120. The molecule has 69 heavy (non-hydrogen) atoms. The van der Waals surface area contributed by atoms with Gasteiger partial charge in [0.25, 0.3) is 11.8 Å². The number of anilines is 1. The van der Waals surface area contributed by atoms with Crippen molar-refractivity contribution in [1.29, 1.82) is 0 Å². The Bertz CT molecular complexity index is 2370. The molecule has 372 valence electrons. The fourth-order valence-corrected chi connectivity index (χ4v) is 7.91. The van der Waals surface area contributed by atoms with Crippen LogP contribution in [-0.4, -0.2) is 141 Å². The molecular formula is C47H61N9O13. The van der Waals surface area contributed by atoms with Gasteiger partial charge in [-0.1, -0.05) is 76.3 Å². The Balaban J connectivity index is 1.76. The predicted octanol–water partition coefficient (Wildman–Crippen LogP) is -0.0728. The first-order valence-electron chi connectivity index (χ1n) is 22.6. The first kappa shape index (κ1) is 52.5. The van der Waals surface area contributed by atoms with Crippen molar-refractivity contribution in [3.8, 4) is 11.5 Å². The number of piperidine rings is 1. The number of phenols is 2. The van der Waals surface area contributed by atoms with Gasteiger partial charge in [0, 0.05) is 44.1 Å². The van der Waals surface area contributed by atoms with Crippen LogP contribution in [0, 0.1) is 11.8 Å². The molecule has 8 atom stereocenters. The first-order chi connectivity index (χ1) is 32.6. The summed E-state index contributed by atoms with van der Waals surface area (Å²) in [6, 6.07) is 0.325. The largest absolute Gasteiger partial charge is 0.504 e. The zero-order valence-corrected chi connectivity index (χ0v) is 39.4. The van der Waals surface area contributed by atoms with E-state index in [0.29, 0.717) is 5.56 Å². The van der Waals surface area contributed by atoms with Crippen LogP contribution in [0.4, 0.5) is 10.5 Å². The highest BCUT2D eigenvalue weighted by molar-refractivity contribution is 6.03. The average Bonchev–Trinajstić information content (AvgIpc) is 3.29. The van der Waals surface area contributed by atoms with Gasteiger partial charge in [-0.2, -0.15) is 0 Å². The van der Waals surface area contributed by atoms with Crippen LogP contribution in [0.25, 0.3) is 0 Å². The molecule has 2 aromatic rings. The first-order valence-corrected chi connectivity index (χ1v) is 22.6. The number of likely N-dealkylation sites (N-methyl/N-ethyl adjacent to an activating group) is 1. The molecule has 0 radical (unpaired) electrons. The minimum atomic E-state index is -1.80. The van der Waals surface area contributed by atoms with Crippen molar-refractivity contribution < 1.29 is 63.2 Å². The number of aromatic hydroxyl groups is 2. The third kappa shape index (κ3) is 12.9. The van der Waals surface area contributed by atoms with E-state index < -0.39 is 137 Å². The van der Waals surface area contributed by atoms with Gasteiger partial charge in [0.1, 0.15) is 54.3 Å². The zero-order chi connectivity index (χ0) is 50.9. The van der Waals surface area contributed by atoms with Crippen molar-refractivity contribution in [3.63, 3.8) is 0 Å². The molecule has 9 amide bonds. The second-order valence-corrected chi connectivity index (χ2v) is 17.7. The van der Waals surface area contributed by atoms with E-state index in [4.69, 9.17) is 4.74 Å². The Morgan fingerprint density at radius 1 is 0.884 bits per heavy atom. The highest BCUT2D eigenvalue weighted by Gasteiger charge is 2.45. The minimum Gasteiger partial charge on any atom is -0.504 e. The number of hydrogen-bond donors (Lipinski definition) is 10. The van der Waals surface area contributed by atoms with Crippen LogP contribution in [0.5, 0.6) is 11.5 Å². The molecule has 2 saturated heterocycles. The number of fused-ring (bicyclic) bond motifs is 10. The number of rotatable bonds is 5. The lowest BCUT2D eigenvalue weighted by molar-refractivity contribution is -0.165. The number of nitrogens with zero attached hydrogens (tertiary/aromatic N) is 2. The van der Waals surface area contributed by atoms with Crippen LogP contribution in [0.15, 0.2) is 66.4 Å². The number of benzene rings is 2. The van der Waals surface area contributed by atoms with Gasteiger partial charge >= 0.3 is 12.0 Å². The summed E-state index contributed by atoms with van der Waals surface area (Å²) in [5.74, 6) is -10.1. The van der Waals surface area contributed by atoms with E-state index in [9.17, 15) is 53.7 Å². The number of allylic oxidation sites excluding steroid dienone is 1. The van der Waals surface area contributed by atoms with Gasteiger partial charge in [-0.25, -0.2) is 9.59 Å². The van der Waals surface area contributed by atoms with E-state index in [-0.39, 0.29) is 37.1 Å². The number of urea groups is 1. The number of carbonyl (C=O) groups excluding carboxylic acids is 9. The molecule has 2 fully saturated rings.